The van der Waals surface area contributed by atoms with Crippen molar-refractivity contribution in [2.75, 3.05) is 19.6 Å². The van der Waals surface area contributed by atoms with Crippen LogP contribution in [0.5, 0.6) is 5.88 Å². The lowest BCUT2D eigenvalue weighted by Gasteiger charge is -2.19. The molecule has 0 amide bonds. The smallest absolute Gasteiger partial charge is 0.232 e. The van der Waals surface area contributed by atoms with Gasteiger partial charge in [0.2, 0.25) is 5.88 Å². The highest BCUT2D eigenvalue weighted by Gasteiger charge is 2.11. The second-order valence-corrected chi connectivity index (χ2v) is 7.21. The quantitative estimate of drug-likeness (QED) is 0.514. The van der Waals surface area contributed by atoms with E-state index in [1.165, 1.54) is 0 Å². The predicted molar refractivity (Wildman–Crippen MR) is 115 cm³/mol. The number of nitriles is 1. The molecule has 0 N–H and O–H groups in total. The molecular formula is C23H29N5O. The van der Waals surface area contributed by atoms with Gasteiger partial charge in [0.05, 0.1) is 30.5 Å². The van der Waals surface area contributed by atoms with Gasteiger partial charge < -0.3 is 9.64 Å². The van der Waals surface area contributed by atoms with Crippen molar-refractivity contribution in [3.05, 3.63) is 48.2 Å². The molecule has 0 saturated carbocycles. The molecule has 3 aromatic rings. The molecule has 0 aliphatic heterocycles. The third-order valence-electron chi connectivity index (χ3n) is 5.17. The minimum Gasteiger partial charge on any atom is -0.474 e. The number of aromatic nitrogens is 3. The zero-order valence-corrected chi connectivity index (χ0v) is 17.5. The van der Waals surface area contributed by atoms with Gasteiger partial charge in [0.15, 0.2) is 5.65 Å². The summed E-state index contributed by atoms with van der Waals surface area (Å²) in [4.78, 5) is 6.88. The lowest BCUT2D eigenvalue weighted by Crippen LogP contribution is -2.25. The lowest BCUT2D eigenvalue weighted by atomic mass is 10.1. The molecule has 152 valence electrons. The summed E-state index contributed by atoms with van der Waals surface area (Å²) in [6, 6.07) is 13.9. The standard InChI is InChI=1S/C23H29N5O/c1-4-27(5-2)16-6-7-18(3)29-23-13-12-22-25-17-21(28(22)26-23)20-10-8-19(9-11-20)14-15-24/h8-13,17-18H,4-7,14,16H2,1-3H3. The molecule has 1 atom stereocenters. The minimum atomic E-state index is 0.104. The van der Waals surface area contributed by atoms with Crippen LogP contribution >= 0.6 is 0 Å². The fraction of sp³-hybridized carbons (Fsp3) is 0.435. The SMILES string of the molecule is CCN(CC)CCCC(C)Oc1ccc2ncc(-c3ccc(CC#N)cc3)n2n1. The summed E-state index contributed by atoms with van der Waals surface area (Å²) in [5, 5.41) is 13.5. The zero-order valence-electron chi connectivity index (χ0n) is 17.5. The summed E-state index contributed by atoms with van der Waals surface area (Å²) in [6.07, 6.45) is 4.44. The van der Waals surface area contributed by atoms with Crippen molar-refractivity contribution in [3.63, 3.8) is 0 Å². The molecule has 0 aliphatic rings. The van der Waals surface area contributed by atoms with Gasteiger partial charge in [-0.2, -0.15) is 5.26 Å². The number of nitrogens with zero attached hydrogens (tertiary/aromatic N) is 5. The first-order valence-corrected chi connectivity index (χ1v) is 10.3. The van der Waals surface area contributed by atoms with Gasteiger partial charge >= 0.3 is 0 Å². The van der Waals surface area contributed by atoms with Crippen LogP contribution in [-0.4, -0.2) is 45.2 Å². The van der Waals surface area contributed by atoms with E-state index in [2.05, 4.69) is 41.8 Å². The van der Waals surface area contributed by atoms with E-state index in [1.807, 2.05) is 47.1 Å². The molecule has 2 aromatic heterocycles. The van der Waals surface area contributed by atoms with Gasteiger partial charge in [-0.25, -0.2) is 9.50 Å². The molecule has 6 heteroatoms. The number of imidazole rings is 1. The van der Waals surface area contributed by atoms with Crippen molar-refractivity contribution in [1.29, 1.82) is 5.26 Å². The maximum absolute atomic E-state index is 8.83. The van der Waals surface area contributed by atoms with Crippen molar-refractivity contribution in [2.45, 2.75) is 46.1 Å². The molecule has 2 heterocycles. The maximum atomic E-state index is 8.83. The summed E-state index contributed by atoms with van der Waals surface area (Å²) in [5.41, 5.74) is 3.70. The summed E-state index contributed by atoms with van der Waals surface area (Å²) >= 11 is 0. The van der Waals surface area contributed by atoms with Gasteiger partial charge in [-0.3, -0.25) is 0 Å². The van der Waals surface area contributed by atoms with Gasteiger partial charge in [0, 0.05) is 11.6 Å². The number of rotatable bonds is 10. The Hall–Kier alpha value is -2.91. The molecule has 0 radical (unpaired) electrons. The van der Waals surface area contributed by atoms with Crippen LogP contribution < -0.4 is 4.74 Å². The van der Waals surface area contributed by atoms with Crippen LogP contribution in [0.15, 0.2) is 42.6 Å². The number of benzene rings is 1. The van der Waals surface area contributed by atoms with Crippen molar-refractivity contribution in [1.82, 2.24) is 19.5 Å². The van der Waals surface area contributed by atoms with Crippen molar-refractivity contribution < 1.29 is 4.74 Å². The Morgan fingerprint density at radius 2 is 1.90 bits per heavy atom. The van der Waals surface area contributed by atoms with Gasteiger partial charge in [-0.1, -0.05) is 38.1 Å². The summed E-state index contributed by atoms with van der Waals surface area (Å²) in [7, 11) is 0. The molecule has 29 heavy (non-hydrogen) atoms. The Balaban J connectivity index is 1.69. The van der Waals surface area contributed by atoms with Gasteiger partial charge in [-0.15, -0.1) is 5.10 Å². The third-order valence-corrected chi connectivity index (χ3v) is 5.17. The van der Waals surface area contributed by atoms with E-state index in [1.54, 1.807) is 0 Å². The van der Waals surface area contributed by atoms with Crippen molar-refractivity contribution in [2.24, 2.45) is 0 Å². The van der Waals surface area contributed by atoms with Crippen LogP contribution in [0.2, 0.25) is 0 Å². The molecule has 1 aromatic carbocycles. The topological polar surface area (TPSA) is 66.5 Å². The number of hydrogen-bond acceptors (Lipinski definition) is 5. The van der Waals surface area contributed by atoms with Crippen molar-refractivity contribution >= 4 is 5.65 Å². The van der Waals surface area contributed by atoms with Gasteiger partial charge in [0.1, 0.15) is 0 Å². The molecule has 0 fully saturated rings. The van der Waals surface area contributed by atoms with E-state index in [9.17, 15) is 0 Å². The average Bonchev–Trinajstić information content (AvgIpc) is 3.15. The highest BCUT2D eigenvalue weighted by atomic mass is 16.5. The highest BCUT2D eigenvalue weighted by molar-refractivity contribution is 5.63. The number of fused-ring (bicyclic) bond motifs is 1. The summed E-state index contributed by atoms with van der Waals surface area (Å²) in [5.74, 6) is 0.605. The second kappa shape index (κ2) is 10.0. The lowest BCUT2D eigenvalue weighted by molar-refractivity contribution is 0.186. The largest absolute Gasteiger partial charge is 0.474 e. The Kier molecular flexibility index (Phi) is 7.20. The van der Waals surface area contributed by atoms with E-state index >= 15 is 0 Å². The van der Waals surface area contributed by atoms with Crippen LogP contribution in [0.3, 0.4) is 0 Å². The molecule has 3 rings (SSSR count). The van der Waals surface area contributed by atoms with E-state index in [0.29, 0.717) is 12.3 Å². The van der Waals surface area contributed by atoms with Crippen molar-refractivity contribution in [3.8, 4) is 23.2 Å². The second-order valence-electron chi connectivity index (χ2n) is 7.21. The average molecular weight is 392 g/mol. The third kappa shape index (κ3) is 5.33. The van der Waals surface area contributed by atoms with Crippen LogP contribution in [0.1, 0.15) is 39.2 Å². The number of hydrogen-bond donors (Lipinski definition) is 0. The molecule has 0 saturated heterocycles. The number of ether oxygens (including phenoxy) is 1. The minimum absolute atomic E-state index is 0.104. The predicted octanol–water partition coefficient (Wildman–Crippen LogP) is 4.35. The summed E-state index contributed by atoms with van der Waals surface area (Å²) in [6.45, 7) is 9.76. The van der Waals surface area contributed by atoms with E-state index < -0.39 is 0 Å². The van der Waals surface area contributed by atoms with E-state index in [4.69, 9.17) is 10.00 Å². The Morgan fingerprint density at radius 3 is 2.59 bits per heavy atom. The fourth-order valence-corrected chi connectivity index (χ4v) is 3.41. The molecular weight excluding hydrogens is 362 g/mol. The fourth-order valence-electron chi connectivity index (χ4n) is 3.41. The normalized spacial score (nSPS) is 12.2. The van der Waals surface area contributed by atoms with Crippen LogP contribution in [0, 0.1) is 11.3 Å². The molecule has 0 bridgehead atoms. The van der Waals surface area contributed by atoms with E-state index in [0.717, 1.165) is 54.9 Å². The van der Waals surface area contributed by atoms with Gasteiger partial charge in [0.25, 0.3) is 0 Å². The first-order valence-electron chi connectivity index (χ1n) is 10.3. The maximum Gasteiger partial charge on any atom is 0.232 e. The molecule has 0 spiro atoms. The Morgan fingerprint density at radius 1 is 1.14 bits per heavy atom. The zero-order chi connectivity index (χ0) is 20.6. The Bertz CT molecular complexity index is 954. The summed E-state index contributed by atoms with van der Waals surface area (Å²) < 4.78 is 7.89. The monoisotopic (exact) mass is 391 g/mol. The molecule has 0 aliphatic carbocycles. The van der Waals surface area contributed by atoms with Crippen LogP contribution in [0.4, 0.5) is 0 Å². The van der Waals surface area contributed by atoms with Gasteiger partial charge in [-0.05, 0) is 51.0 Å². The molecule has 6 nitrogen and oxygen atoms in total. The Labute approximate surface area is 172 Å². The van der Waals surface area contributed by atoms with Crippen LogP contribution in [-0.2, 0) is 6.42 Å². The molecule has 1 unspecified atom stereocenters. The van der Waals surface area contributed by atoms with Crippen LogP contribution in [0.25, 0.3) is 16.9 Å². The first-order chi connectivity index (χ1) is 14.1. The van der Waals surface area contributed by atoms with E-state index in [-0.39, 0.29) is 6.10 Å². The first kappa shape index (κ1) is 20.8. The highest BCUT2D eigenvalue weighted by Crippen LogP contribution is 2.22.